The van der Waals surface area contributed by atoms with Crippen molar-refractivity contribution in [1.82, 2.24) is 9.78 Å². The Kier molecular flexibility index (Phi) is 4.74. The molecule has 4 nitrogen and oxygen atoms in total. The molecule has 0 saturated heterocycles. The van der Waals surface area contributed by atoms with Gasteiger partial charge in [-0.25, -0.2) is 4.68 Å². The van der Waals surface area contributed by atoms with E-state index < -0.39 is 0 Å². The van der Waals surface area contributed by atoms with Crippen molar-refractivity contribution in [2.24, 2.45) is 0 Å². The van der Waals surface area contributed by atoms with E-state index in [9.17, 15) is 4.79 Å². The molecule has 0 aliphatic carbocycles. The third-order valence-corrected chi connectivity index (χ3v) is 3.73. The van der Waals surface area contributed by atoms with Gasteiger partial charge in [0.2, 0.25) is 5.91 Å². The van der Waals surface area contributed by atoms with Crippen molar-refractivity contribution < 1.29 is 4.79 Å². The van der Waals surface area contributed by atoms with Crippen LogP contribution in [0.4, 0.5) is 5.69 Å². The molecule has 2 aromatic carbocycles. The summed E-state index contributed by atoms with van der Waals surface area (Å²) in [6.45, 7) is 0. The number of nitrogens with one attached hydrogen (secondary N) is 1. The van der Waals surface area contributed by atoms with Gasteiger partial charge in [-0.05, 0) is 54.4 Å². The summed E-state index contributed by atoms with van der Waals surface area (Å²) in [5.41, 5.74) is 2.83. The second-order valence-electron chi connectivity index (χ2n) is 5.17. The molecule has 0 bridgehead atoms. The second kappa shape index (κ2) is 7.11. The van der Waals surface area contributed by atoms with Crippen LogP contribution >= 0.6 is 11.6 Å². The molecule has 0 unspecified atom stereocenters. The quantitative estimate of drug-likeness (QED) is 0.767. The van der Waals surface area contributed by atoms with Crippen LogP contribution in [0.25, 0.3) is 5.69 Å². The van der Waals surface area contributed by atoms with E-state index in [1.54, 1.807) is 10.9 Å². The van der Waals surface area contributed by atoms with Gasteiger partial charge in [0, 0.05) is 29.5 Å². The Bertz CT molecular complexity index is 765. The summed E-state index contributed by atoms with van der Waals surface area (Å²) in [4.78, 5) is 12.0. The first-order valence-electron chi connectivity index (χ1n) is 7.35. The van der Waals surface area contributed by atoms with Gasteiger partial charge >= 0.3 is 0 Å². The second-order valence-corrected chi connectivity index (χ2v) is 5.61. The molecule has 0 aliphatic heterocycles. The Morgan fingerprint density at radius 3 is 2.48 bits per heavy atom. The molecule has 5 heteroatoms. The molecule has 23 heavy (non-hydrogen) atoms. The average molecular weight is 326 g/mol. The van der Waals surface area contributed by atoms with Gasteiger partial charge < -0.3 is 5.32 Å². The van der Waals surface area contributed by atoms with Crippen LogP contribution in [0.1, 0.15) is 12.0 Å². The topological polar surface area (TPSA) is 46.9 Å². The van der Waals surface area contributed by atoms with Crippen LogP contribution in [0.15, 0.2) is 67.0 Å². The Balaban J connectivity index is 1.54. The Labute approximate surface area is 139 Å². The number of rotatable bonds is 5. The van der Waals surface area contributed by atoms with Crippen molar-refractivity contribution >= 4 is 23.2 Å². The fourth-order valence-electron chi connectivity index (χ4n) is 2.25. The van der Waals surface area contributed by atoms with Crippen molar-refractivity contribution in [3.63, 3.8) is 0 Å². The minimum atomic E-state index is -0.00760. The zero-order chi connectivity index (χ0) is 16.1. The third kappa shape index (κ3) is 4.20. The van der Waals surface area contributed by atoms with Gasteiger partial charge in [-0.15, -0.1) is 0 Å². The molecular weight excluding hydrogens is 310 g/mol. The van der Waals surface area contributed by atoms with Crippen molar-refractivity contribution in [3.05, 3.63) is 77.6 Å². The molecule has 1 aromatic heterocycles. The summed E-state index contributed by atoms with van der Waals surface area (Å²) >= 11 is 5.85. The van der Waals surface area contributed by atoms with Gasteiger partial charge in [0.05, 0.1) is 5.69 Å². The molecule has 3 rings (SSSR count). The van der Waals surface area contributed by atoms with E-state index in [4.69, 9.17) is 11.6 Å². The molecule has 116 valence electrons. The number of benzene rings is 2. The Morgan fingerprint density at radius 1 is 1.09 bits per heavy atom. The number of aromatic nitrogens is 2. The maximum absolute atomic E-state index is 12.0. The van der Waals surface area contributed by atoms with Crippen LogP contribution in [0.5, 0.6) is 0 Å². The number of amides is 1. The van der Waals surface area contributed by atoms with Gasteiger partial charge in [-0.2, -0.15) is 5.10 Å². The normalized spacial score (nSPS) is 10.5. The predicted molar refractivity (Wildman–Crippen MR) is 92.0 cm³/mol. The van der Waals surface area contributed by atoms with E-state index in [0.717, 1.165) is 16.9 Å². The van der Waals surface area contributed by atoms with E-state index in [1.165, 1.54) is 0 Å². The lowest BCUT2D eigenvalue weighted by Gasteiger charge is -2.07. The van der Waals surface area contributed by atoms with Crippen LogP contribution in [-0.2, 0) is 11.2 Å². The summed E-state index contributed by atoms with van der Waals surface area (Å²) in [5.74, 6) is -0.00760. The summed E-state index contributed by atoms with van der Waals surface area (Å²) in [7, 11) is 0. The number of carbonyl (C=O) groups is 1. The zero-order valence-corrected chi connectivity index (χ0v) is 13.2. The largest absolute Gasteiger partial charge is 0.326 e. The molecule has 0 radical (unpaired) electrons. The zero-order valence-electron chi connectivity index (χ0n) is 12.4. The van der Waals surface area contributed by atoms with Gasteiger partial charge in [0.1, 0.15) is 0 Å². The van der Waals surface area contributed by atoms with Crippen LogP contribution in [0, 0.1) is 0 Å². The summed E-state index contributed by atoms with van der Waals surface area (Å²) in [6.07, 6.45) is 4.73. The first kappa shape index (κ1) is 15.3. The molecule has 0 fully saturated rings. The number of hydrogen-bond donors (Lipinski definition) is 1. The Morgan fingerprint density at radius 2 is 1.83 bits per heavy atom. The molecule has 0 aliphatic rings. The molecule has 0 atom stereocenters. The van der Waals surface area contributed by atoms with E-state index >= 15 is 0 Å². The van der Waals surface area contributed by atoms with Crippen molar-refractivity contribution in [1.29, 1.82) is 0 Å². The third-order valence-electron chi connectivity index (χ3n) is 3.47. The minimum Gasteiger partial charge on any atom is -0.326 e. The molecule has 0 saturated carbocycles. The summed E-state index contributed by atoms with van der Waals surface area (Å²) in [5, 5.41) is 7.77. The molecule has 0 spiro atoms. The molecule has 1 heterocycles. The highest BCUT2D eigenvalue weighted by Crippen LogP contribution is 2.14. The van der Waals surface area contributed by atoms with Crippen LogP contribution in [0.3, 0.4) is 0 Å². The predicted octanol–water partition coefficient (Wildman–Crippen LogP) is 4.10. The number of carbonyl (C=O) groups excluding carboxylic acids is 1. The van der Waals surface area contributed by atoms with E-state index in [2.05, 4.69) is 10.4 Å². The molecule has 1 N–H and O–H groups in total. The average Bonchev–Trinajstić information content (AvgIpc) is 3.09. The van der Waals surface area contributed by atoms with Gasteiger partial charge in [0.15, 0.2) is 0 Å². The van der Waals surface area contributed by atoms with Gasteiger partial charge in [-0.1, -0.05) is 23.7 Å². The monoisotopic (exact) mass is 325 g/mol. The highest BCUT2D eigenvalue weighted by Gasteiger charge is 2.04. The first-order valence-corrected chi connectivity index (χ1v) is 7.73. The van der Waals surface area contributed by atoms with Gasteiger partial charge in [0.25, 0.3) is 0 Å². The SMILES string of the molecule is O=C(CCc1ccc(Cl)cc1)Nc1ccc(-n2cccn2)cc1. The fraction of sp³-hybridized carbons (Fsp3) is 0.111. The minimum absolute atomic E-state index is 0.00760. The number of halogens is 1. The van der Waals surface area contributed by atoms with E-state index in [1.807, 2.05) is 60.8 Å². The molecule has 1 amide bonds. The van der Waals surface area contributed by atoms with Crippen LogP contribution in [0.2, 0.25) is 5.02 Å². The maximum Gasteiger partial charge on any atom is 0.224 e. The first-order chi connectivity index (χ1) is 11.2. The highest BCUT2D eigenvalue weighted by molar-refractivity contribution is 6.30. The maximum atomic E-state index is 12.0. The lowest BCUT2D eigenvalue weighted by Crippen LogP contribution is -2.12. The van der Waals surface area contributed by atoms with Crippen molar-refractivity contribution in [2.45, 2.75) is 12.8 Å². The van der Waals surface area contributed by atoms with Crippen LogP contribution < -0.4 is 5.32 Å². The highest BCUT2D eigenvalue weighted by atomic mass is 35.5. The number of anilines is 1. The molecule has 3 aromatic rings. The van der Waals surface area contributed by atoms with Crippen molar-refractivity contribution in [2.75, 3.05) is 5.32 Å². The summed E-state index contributed by atoms with van der Waals surface area (Å²) < 4.78 is 1.77. The number of aryl methyl sites for hydroxylation is 1. The molecular formula is C18H16ClN3O. The number of hydrogen-bond acceptors (Lipinski definition) is 2. The van der Waals surface area contributed by atoms with E-state index in [0.29, 0.717) is 17.9 Å². The summed E-state index contributed by atoms with van der Waals surface area (Å²) in [6, 6.07) is 17.0. The van der Waals surface area contributed by atoms with Crippen molar-refractivity contribution in [3.8, 4) is 5.69 Å². The lowest BCUT2D eigenvalue weighted by atomic mass is 10.1. The Hall–Kier alpha value is -2.59. The standard InChI is InChI=1S/C18H16ClN3O/c19-15-5-2-14(3-6-15)4-11-18(23)21-16-7-9-17(10-8-16)22-13-1-12-20-22/h1-3,5-10,12-13H,4,11H2,(H,21,23). The lowest BCUT2D eigenvalue weighted by molar-refractivity contribution is -0.116. The smallest absolute Gasteiger partial charge is 0.224 e. The fourth-order valence-corrected chi connectivity index (χ4v) is 2.38. The number of nitrogens with zero attached hydrogens (tertiary/aromatic N) is 2. The van der Waals surface area contributed by atoms with Crippen LogP contribution in [-0.4, -0.2) is 15.7 Å². The van der Waals surface area contributed by atoms with E-state index in [-0.39, 0.29) is 5.91 Å². The van der Waals surface area contributed by atoms with Gasteiger partial charge in [-0.3, -0.25) is 4.79 Å².